The Balaban J connectivity index is 0.00000280. The van der Waals surface area contributed by atoms with Crippen LogP contribution < -0.4 is 10.6 Å². The second-order valence-electron chi connectivity index (χ2n) is 7.65. The lowest BCUT2D eigenvalue weighted by Gasteiger charge is -2.26. The molecule has 0 spiro atoms. The summed E-state index contributed by atoms with van der Waals surface area (Å²) >= 11 is 0. The molecular formula is C19H34IN7O. The van der Waals surface area contributed by atoms with Gasteiger partial charge in [0, 0.05) is 45.2 Å². The van der Waals surface area contributed by atoms with Crippen molar-refractivity contribution in [3.8, 4) is 0 Å². The standard InChI is InChI=1S/C19H33N7O.HI/c1-20-19(21-10-5-6-11-25-14-22-23-15-25)24-17-9-12-26(13-17)18(27)16-7-3-2-4-8-16;/h14-17H,2-13H2,1H3,(H2,20,21,24);1H. The predicted octanol–water partition coefficient (Wildman–Crippen LogP) is 2.02. The van der Waals surface area contributed by atoms with Gasteiger partial charge in [-0.25, -0.2) is 0 Å². The van der Waals surface area contributed by atoms with Crippen LogP contribution in [0.1, 0.15) is 51.4 Å². The van der Waals surface area contributed by atoms with Crippen molar-refractivity contribution in [2.75, 3.05) is 26.7 Å². The van der Waals surface area contributed by atoms with Crippen molar-refractivity contribution in [1.82, 2.24) is 30.3 Å². The average molecular weight is 503 g/mol. The van der Waals surface area contributed by atoms with E-state index in [-0.39, 0.29) is 29.9 Å². The third-order valence-corrected chi connectivity index (χ3v) is 5.62. The topological polar surface area (TPSA) is 87.4 Å². The quantitative estimate of drug-likeness (QED) is 0.257. The number of guanidine groups is 1. The fourth-order valence-corrected chi connectivity index (χ4v) is 4.04. The summed E-state index contributed by atoms with van der Waals surface area (Å²) in [6, 6.07) is 0.292. The Kier molecular flexibility index (Phi) is 10.0. The number of hydrogen-bond acceptors (Lipinski definition) is 4. The minimum Gasteiger partial charge on any atom is -0.356 e. The Hall–Kier alpha value is -1.39. The van der Waals surface area contributed by atoms with Gasteiger partial charge < -0.3 is 20.1 Å². The molecule has 1 aromatic rings. The van der Waals surface area contributed by atoms with Crippen molar-refractivity contribution in [2.45, 2.75) is 64.0 Å². The molecule has 1 amide bonds. The summed E-state index contributed by atoms with van der Waals surface area (Å²) in [6.45, 7) is 3.47. The fourth-order valence-electron chi connectivity index (χ4n) is 4.04. The van der Waals surface area contributed by atoms with Crippen LogP contribution in [0.4, 0.5) is 0 Å². The van der Waals surface area contributed by atoms with E-state index >= 15 is 0 Å². The number of aliphatic imine (C=N–C) groups is 1. The van der Waals surface area contributed by atoms with Crippen LogP contribution in [0.5, 0.6) is 0 Å². The van der Waals surface area contributed by atoms with Crippen molar-refractivity contribution in [3.05, 3.63) is 12.7 Å². The Morgan fingerprint density at radius 3 is 2.61 bits per heavy atom. The number of aromatic nitrogens is 3. The summed E-state index contributed by atoms with van der Waals surface area (Å²) in [5.74, 6) is 1.47. The molecule has 2 heterocycles. The lowest BCUT2D eigenvalue weighted by molar-refractivity contribution is -0.135. The van der Waals surface area contributed by atoms with E-state index in [4.69, 9.17) is 0 Å². The van der Waals surface area contributed by atoms with Gasteiger partial charge in [-0.15, -0.1) is 34.2 Å². The highest BCUT2D eigenvalue weighted by atomic mass is 127. The minimum atomic E-state index is 0. The van der Waals surface area contributed by atoms with Gasteiger partial charge in [0.15, 0.2) is 5.96 Å². The average Bonchev–Trinajstić information content (AvgIpc) is 3.39. The number of nitrogens with one attached hydrogen (secondary N) is 2. The number of carbonyl (C=O) groups is 1. The monoisotopic (exact) mass is 503 g/mol. The molecule has 1 aliphatic heterocycles. The van der Waals surface area contributed by atoms with E-state index in [0.29, 0.717) is 11.9 Å². The van der Waals surface area contributed by atoms with E-state index in [2.05, 4.69) is 30.7 Å². The van der Waals surface area contributed by atoms with E-state index in [1.54, 1.807) is 19.7 Å². The molecule has 158 valence electrons. The number of amides is 1. The molecule has 2 aliphatic rings. The maximum atomic E-state index is 12.7. The first-order valence-corrected chi connectivity index (χ1v) is 10.3. The number of carbonyl (C=O) groups excluding carboxylic acids is 1. The Morgan fingerprint density at radius 2 is 1.89 bits per heavy atom. The van der Waals surface area contributed by atoms with Gasteiger partial charge in [0.1, 0.15) is 12.7 Å². The zero-order valence-corrected chi connectivity index (χ0v) is 19.2. The number of unbranched alkanes of at least 4 members (excludes halogenated alkanes) is 1. The van der Waals surface area contributed by atoms with Crippen LogP contribution in [-0.4, -0.2) is 64.3 Å². The molecule has 1 saturated heterocycles. The SMILES string of the molecule is CN=C(NCCCCn1cnnc1)NC1CCN(C(=O)C2CCCCC2)C1.I. The first-order valence-electron chi connectivity index (χ1n) is 10.3. The maximum Gasteiger partial charge on any atom is 0.225 e. The lowest BCUT2D eigenvalue weighted by Crippen LogP contribution is -2.45. The second kappa shape index (κ2) is 12.2. The van der Waals surface area contributed by atoms with Gasteiger partial charge in [0.2, 0.25) is 5.91 Å². The zero-order chi connectivity index (χ0) is 18.9. The smallest absolute Gasteiger partial charge is 0.225 e. The highest BCUT2D eigenvalue weighted by molar-refractivity contribution is 14.0. The fraction of sp³-hybridized carbons (Fsp3) is 0.789. The summed E-state index contributed by atoms with van der Waals surface area (Å²) in [6.07, 6.45) is 12.5. The molecule has 1 aliphatic carbocycles. The molecule has 28 heavy (non-hydrogen) atoms. The van der Waals surface area contributed by atoms with Gasteiger partial charge in [-0.2, -0.15) is 0 Å². The minimum absolute atomic E-state index is 0. The molecular weight excluding hydrogens is 469 g/mol. The molecule has 1 aromatic heterocycles. The molecule has 1 saturated carbocycles. The van der Waals surface area contributed by atoms with Crippen molar-refractivity contribution in [2.24, 2.45) is 10.9 Å². The largest absolute Gasteiger partial charge is 0.356 e. The highest BCUT2D eigenvalue weighted by Crippen LogP contribution is 2.26. The van der Waals surface area contributed by atoms with Crippen molar-refractivity contribution in [3.63, 3.8) is 0 Å². The summed E-state index contributed by atoms with van der Waals surface area (Å²) < 4.78 is 1.99. The molecule has 1 atom stereocenters. The van der Waals surface area contributed by atoms with Crippen molar-refractivity contribution < 1.29 is 4.79 Å². The van der Waals surface area contributed by atoms with Crippen LogP contribution in [0.3, 0.4) is 0 Å². The number of halogens is 1. The summed E-state index contributed by atoms with van der Waals surface area (Å²) in [5, 5.41) is 14.5. The summed E-state index contributed by atoms with van der Waals surface area (Å²) in [4.78, 5) is 19.1. The Labute approximate surface area is 185 Å². The van der Waals surface area contributed by atoms with Gasteiger partial charge in [-0.05, 0) is 32.1 Å². The third kappa shape index (κ3) is 6.89. The predicted molar refractivity (Wildman–Crippen MR) is 121 cm³/mol. The highest BCUT2D eigenvalue weighted by Gasteiger charge is 2.31. The van der Waals surface area contributed by atoms with Crippen molar-refractivity contribution >= 4 is 35.8 Å². The number of hydrogen-bond donors (Lipinski definition) is 2. The van der Waals surface area contributed by atoms with Crippen LogP contribution in [0, 0.1) is 5.92 Å². The first kappa shape index (κ1) is 22.9. The maximum absolute atomic E-state index is 12.7. The van der Waals surface area contributed by atoms with Crippen LogP contribution in [0.2, 0.25) is 0 Å². The lowest BCUT2D eigenvalue weighted by atomic mass is 9.88. The van der Waals surface area contributed by atoms with E-state index < -0.39 is 0 Å². The molecule has 0 aromatic carbocycles. The van der Waals surface area contributed by atoms with E-state index in [9.17, 15) is 4.79 Å². The Morgan fingerprint density at radius 1 is 1.14 bits per heavy atom. The van der Waals surface area contributed by atoms with E-state index in [1.807, 2.05) is 4.57 Å². The van der Waals surface area contributed by atoms with Crippen LogP contribution >= 0.6 is 24.0 Å². The summed E-state index contributed by atoms with van der Waals surface area (Å²) in [5.41, 5.74) is 0. The normalized spacial score (nSPS) is 20.7. The van der Waals surface area contributed by atoms with Crippen LogP contribution in [0.15, 0.2) is 17.6 Å². The molecule has 2 N–H and O–H groups in total. The number of rotatable bonds is 7. The van der Waals surface area contributed by atoms with Gasteiger partial charge >= 0.3 is 0 Å². The first-order chi connectivity index (χ1) is 13.3. The van der Waals surface area contributed by atoms with Gasteiger partial charge in [-0.3, -0.25) is 9.79 Å². The summed E-state index contributed by atoms with van der Waals surface area (Å²) in [7, 11) is 1.80. The Bertz CT molecular complexity index is 601. The molecule has 9 heteroatoms. The molecule has 0 radical (unpaired) electrons. The zero-order valence-electron chi connectivity index (χ0n) is 16.8. The molecule has 8 nitrogen and oxygen atoms in total. The number of nitrogens with zero attached hydrogens (tertiary/aromatic N) is 5. The van der Waals surface area contributed by atoms with Crippen LogP contribution in [-0.2, 0) is 11.3 Å². The molecule has 0 bridgehead atoms. The van der Waals surface area contributed by atoms with Crippen LogP contribution in [0.25, 0.3) is 0 Å². The van der Waals surface area contributed by atoms with E-state index in [1.165, 1.54) is 19.3 Å². The molecule has 1 unspecified atom stereocenters. The van der Waals surface area contributed by atoms with Gasteiger partial charge in [-0.1, -0.05) is 19.3 Å². The molecule has 2 fully saturated rings. The van der Waals surface area contributed by atoms with Crippen molar-refractivity contribution in [1.29, 1.82) is 0 Å². The second-order valence-corrected chi connectivity index (χ2v) is 7.65. The molecule has 3 rings (SSSR count). The van der Waals surface area contributed by atoms with E-state index in [0.717, 1.165) is 64.2 Å². The number of aryl methyl sites for hydroxylation is 1. The van der Waals surface area contributed by atoms with Gasteiger partial charge in [0.05, 0.1) is 0 Å². The number of likely N-dealkylation sites (tertiary alicyclic amines) is 1. The third-order valence-electron chi connectivity index (χ3n) is 5.62. The van der Waals surface area contributed by atoms with Gasteiger partial charge in [0.25, 0.3) is 0 Å².